The lowest BCUT2D eigenvalue weighted by Crippen LogP contribution is -2.55. The van der Waals surface area contributed by atoms with Crippen molar-refractivity contribution in [1.82, 2.24) is 15.1 Å². The first-order valence-electron chi connectivity index (χ1n) is 7.50. The number of likely N-dealkylation sites (tertiary alicyclic amines) is 1. The Balaban J connectivity index is 2.50. The molecule has 1 heterocycles. The molecular formula is C14H27N3O3. The van der Waals surface area contributed by atoms with Crippen molar-refractivity contribution < 1.29 is 14.7 Å². The van der Waals surface area contributed by atoms with Crippen LogP contribution >= 0.6 is 0 Å². The highest BCUT2D eigenvalue weighted by Crippen LogP contribution is 2.23. The normalized spacial score (nSPS) is 22.9. The van der Waals surface area contributed by atoms with Crippen molar-refractivity contribution in [3.05, 3.63) is 0 Å². The minimum Gasteiger partial charge on any atom is -0.480 e. The highest BCUT2D eigenvalue weighted by molar-refractivity contribution is 5.83. The number of piperidine rings is 1. The SMILES string of the molecule is CCN(CC)CCNC(=O)N1CCCC(C)C1C(=O)O. The zero-order valence-corrected chi connectivity index (χ0v) is 12.8. The monoisotopic (exact) mass is 285 g/mol. The first-order valence-corrected chi connectivity index (χ1v) is 7.50. The first-order chi connectivity index (χ1) is 9.51. The summed E-state index contributed by atoms with van der Waals surface area (Å²) in [6.45, 7) is 9.83. The lowest BCUT2D eigenvalue weighted by atomic mass is 9.91. The number of hydrogen-bond acceptors (Lipinski definition) is 3. The molecule has 1 fully saturated rings. The molecule has 2 amide bonds. The highest BCUT2D eigenvalue weighted by Gasteiger charge is 2.36. The Kier molecular flexibility index (Phi) is 6.78. The lowest BCUT2D eigenvalue weighted by Gasteiger charge is -2.37. The van der Waals surface area contributed by atoms with Crippen LogP contribution in [-0.4, -0.2) is 65.7 Å². The number of likely N-dealkylation sites (N-methyl/N-ethyl adjacent to an activating group) is 1. The van der Waals surface area contributed by atoms with Gasteiger partial charge in [-0.1, -0.05) is 20.8 Å². The van der Waals surface area contributed by atoms with Crippen molar-refractivity contribution in [3.63, 3.8) is 0 Å². The van der Waals surface area contributed by atoms with Crippen molar-refractivity contribution >= 4 is 12.0 Å². The molecule has 0 aliphatic carbocycles. The van der Waals surface area contributed by atoms with Crippen LogP contribution in [0.5, 0.6) is 0 Å². The van der Waals surface area contributed by atoms with E-state index in [-0.39, 0.29) is 11.9 Å². The maximum Gasteiger partial charge on any atom is 0.326 e. The van der Waals surface area contributed by atoms with E-state index in [9.17, 15) is 14.7 Å². The summed E-state index contributed by atoms with van der Waals surface area (Å²) in [6.07, 6.45) is 1.73. The fraction of sp³-hybridized carbons (Fsp3) is 0.857. The Hall–Kier alpha value is -1.30. The summed E-state index contributed by atoms with van der Waals surface area (Å²) in [4.78, 5) is 27.2. The van der Waals surface area contributed by atoms with E-state index in [1.165, 1.54) is 4.90 Å². The van der Waals surface area contributed by atoms with Gasteiger partial charge in [0.1, 0.15) is 6.04 Å². The van der Waals surface area contributed by atoms with E-state index in [0.717, 1.165) is 32.5 Å². The molecule has 0 spiro atoms. The zero-order valence-electron chi connectivity index (χ0n) is 12.8. The smallest absolute Gasteiger partial charge is 0.326 e. The van der Waals surface area contributed by atoms with Crippen molar-refractivity contribution in [2.24, 2.45) is 5.92 Å². The molecule has 6 nitrogen and oxygen atoms in total. The quantitative estimate of drug-likeness (QED) is 0.769. The van der Waals surface area contributed by atoms with Gasteiger partial charge in [-0.15, -0.1) is 0 Å². The molecule has 0 radical (unpaired) electrons. The topological polar surface area (TPSA) is 72.9 Å². The molecule has 6 heteroatoms. The highest BCUT2D eigenvalue weighted by atomic mass is 16.4. The standard InChI is InChI=1S/C14H27N3O3/c1-4-16(5-2)10-8-15-14(20)17-9-6-7-11(3)12(17)13(18)19/h11-12H,4-10H2,1-3H3,(H,15,20)(H,18,19). The third-order valence-electron chi connectivity index (χ3n) is 4.05. The van der Waals surface area contributed by atoms with E-state index < -0.39 is 12.0 Å². The van der Waals surface area contributed by atoms with Crippen molar-refractivity contribution in [3.8, 4) is 0 Å². The van der Waals surface area contributed by atoms with Gasteiger partial charge in [0.15, 0.2) is 0 Å². The number of carbonyl (C=O) groups excluding carboxylic acids is 1. The second-order valence-electron chi connectivity index (χ2n) is 5.35. The summed E-state index contributed by atoms with van der Waals surface area (Å²) >= 11 is 0. The van der Waals surface area contributed by atoms with Crippen LogP contribution < -0.4 is 5.32 Å². The summed E-state index contributed by atoms with van der Waals surface area (Å²) in [6, 6.07) is -0.951. The molecule has 0 aromatic carbocycles. The number of carboxylic acid groups (broad SMARTS) is 1. The van der Waals surface area contributed by atoms with Gasteiger partial charge in [0.05, 0.1) is 0 Å². The number of rotatable bonds is 6. The van der Waals surface area contributed by atoms with Gasteiger partial charge in [-0.3, -0.25) is 0 Å². The van der Waals surface area contributed by atoms with Crippen molar-refractivity contribution in [2.45, 2.75) is 39.7 Å². The third-order valence-corrected chi connectivity index (χ3v) is 4.05. The number of amides is 2. The van der Waals surface area contributed by atoms with Crippen LogP contribution in [0, 0.1) is 5.92 Å². The predicted octanol–water partition coefficient (Wildman–Crippen LogP) is 1.22. The summed E-state index contributed by atoms with van der Waals surface area (Å²) in [5, 5.41) is 12.1. The number of urea groups is 1. The van der Waals surface area contributed by atoms with Gasteiger partial charge in [0.25, 0.3) is 0 Å². The summed E-state index contributed by atoms with van der Waals surface area (Å²) in [5.41, 5.74) is 0. The van der Waals surface area contributed by atoms with E-state index in [1.807, 2.05) is 6.92 Å². The Bertz CT molecular complexity index is 332. The average Bonchev–Trinajstić information content (AvgIpc) is 2.42. The van der Waals surface area contributed by atoms with E-state index in [0.29, 0.717) is 13.1 Å². The molecule has 2 N–H and O–H groups in total. The summed E-state index contributed by atoms with van der Waals surface area (Å²) in [5.74, 6) is -0.897. The fourth-order valence-electron chi connectivity index (χ4n) is 2.75. The minimum absolute atomic E-state index is 0.00906. The maximum atomic E-state index is 12.1. The Morgan fingerprint density at radius 3 is 2.55 bits per heavy atom. The van der Waals surface area contributed by atoms with Crippen molar-refractivity contribution in [2.75, 3.05) is 32.7 Å². The van der Waals surface area contributed by atoms with Gasteiger partial charge < -0.3 is 20.2 Å². The minimum atomic E-state index is -0.906. The summed E-state index contributed by atoms with van der Waals surface area (Å²) in [7, 11) is 0. The molecule has 1 saturated heterocycles. The average molecular weight is 285 g/mol. The number of carboxylic acids is 1. The Morgan fingerprint density at radius 2 is 2.00 bits per heavy atom. The fourth-order valence-corrected chi connectivity index (χ4v) is 2.75. The first kappa shape index (κ1) is 16.8. The van der Waals surface area contributed by atoms with Gasteiger partial charge in [-0.2, -0.15) is 0 Å². The van der Waals surface area contributed by atoms with Gasteiger partial charge in [-0.25, -0.2) is 9.59 Å². The van der Waals surface area contributed by atoms with Gasteiger partial charge in [0, 0.05) is 19.6 Å². The van der Waals surface area contributed by atoms with E-state index in [1.54, 1.807) is 0 Å². The molecule has 116 valence electrons. The van der Waals surface area contributed by atoms with E-state index >= 15 is 0 Å². The van der Waals surface area contributed by atoms with Crippen LogP contribution in [0.4, 0.5) is 4.79 Å². The Morgan fingerprint density at radius 1 is 1.35 bits per heavy atom. The van der Waals surface area contributed by atoms with Gasteiger partial charge >= 0.3 is 12.0 Å². The van der Waals surface area contributed by atoms with Gasteiger partial charge in [0.2, 0.25) is 0 Å². The number of aliphatic carboxylic acids is 1. The van der Waals surface area contributed by atoms with Crippen LogP contribution in [-0.2, 0) is 4.79 Å². The second kappa shape index (κ2) is 8.09. The molecule has 0 aromatic rings. The largest absolute Gasteiger partial charge is 0.480 e. The molecule has 1 rings (SSSR count). The molecule has 2 unspecified atom stereocenters. The molecule has 0 saturated carbocycles. The number of carbonyl (C=O) groups is 2. The third kappa shape index (κ3) is 4.37. The molecule has 0 aromatic heterocycles. The van der Waals surface area contributed by atoms with E-state index in [4.69, 9.17) is 0 Å². The zero-order chi connectivity index (χ0) is 15.1. The second-order valence-corrected chi connectivity index (χ2v) is 5.35. The molecule has 0 bridgehead atoms. The molecule has 20 heavy (non-hydrogen) atoms. The number of nitrogens with zero attached hydrogens (tertiary/aromatic N) is 2. The molecule has 1 aliphatic heterocycles. The van der Waals surface area contributed by atoms with Crippen molar-refractivity contribution in [1.29, 1.82) is 0 Å². The van der Waals surface area contributed by atoms with Crippen LogP contribution in [0.3, 0.4) is 0 Å². The number of nitrogens with one attached hydrogen (secondary N) is 1. The van der Waals surface area contributed by atoms with Crippen LogP contribution in [0.1, 0.15) is 33.6 Å². The summed E-state index contributed by atoms with van der Waals surface area (Å²) < 4.78 is 0. The van der Waals surface area contributed by atoms with Gasteiger partial charge in [-0.05, 0) is 31.8 Å². The lowest BCUT2D eigenvalue weighted by molar-refractivity contribution is -0.145. The molecule has 2 atom stereocenters. The predicted molar refractivity (Wildman–Crippen MR) is 77.7 cm³/mol. The Labute approximate surface area is 121 Å². The van der Waals surface area contributed by atoms with Crippen LogP contribution in [0.15, 0.2) is 0 Å². The number of hydrogen-bond donors (Lipinski definition) is 2. The molecular weight excluding hydrogens is 258 g/mol. The maximum absolute atomic E-state index is 12.1. The van der Waals surface area contributed by atoms with Crippen LogP contribution in [0.25, 0.3) is 0 Å². The molecule has 1 aliphatic rings. The van der Waals surface area contributed by atoms with E-state index in [2.05, 4.69) is 24.1 Å². The van der Waals surface area contributed by atoms with Crippen LogP contribution in [0.2, 0.25) is 0 Å².